The molecule has 0 radical (unpaired) electrons. The molecule has 0 atom stereocenters. The fourth-order valence-corrected chi connectivity index (χ4v) is 3.51. The summed E-state index contributed by atoms with van der Waals surface area (Å²) in [6.07, 6.45) is 1.86. The van der Waals surface area contributed by atoms with Gasteiger partial charge in [-0.15, -0.1) is 0 Å². The van der Waals surface area contributed by atoms with E-state index in [9.17, 15) is 10.1 Å². The number of hydrogen-bond acceptors (Lipinski definition) is 3. The van der Waals surface area contributed by atoms with Crippen molar-refractivity contribution >= 4 is 34.0 Å². The normalized spacial score (nSPS) is 11.1. The van der Waals surface area contributed by atoms with Crippen LogP contribution < -0.4 is 10.1 Å². The van der Waals surface area contributed by atoms with E-state index in [2.05, 4.69) is 11.4 Å². The molecule has 0 aliphatic rings. The molecule has 4 nitrogen and oxygen atoms in total. The van der Waals surface area contributed by atoms with Gasteiger partial charge in [-0.1, -0.05) is 72.8 Å². The van der Waals surface area contributed by atoms with E-state index >= 15 is 0 Å². The largest absolute Gasteiger partial charge is 0.484 e. The topological polar surface area (TPSA) is 62.1 Å². The minimum atomic E-state index is -0.217. The number of ether oxygens (including phenoxy) is 1. The Balaban J connectivity index is 1.45. The van der Waals surface area contributed by atoms with Crippen LogP contribution in [0.3, 0.4) is 0 Å². The van der Waals surface area contributed by atoms with Crippen molar-refractivity contribution in [3.63, 3.8) is 0 Å². The quantitative estimate of drug-likeness (QED) is 0.298. The van der Waals surface area contributed by atoms with E-state index in [-0.39, 0.29) is 12.5 Å². The molecule has 156 valence electrons. The number of anilines is 1. The zero-order chi connectivity index (χ0) is 22.3. The van der Waals surface area contributed by atoms with Gasteiger partial charge in [0, 0.05) is 11.3 Å². The maximum atomic E-state index is 12.2. The molecule has 0 fully saturated rings. The van der Waals surface area contributed by atoms with E-state index in [1.54, 1.807) is 12.1 Å². The first kappa shape index (κ1) is 20.9. The number of nitrogens with one attached hydrogen (secondary N) is 1. The van der Waals surface area contributed by atoms with Gasteiger partial charge in [0.25, 0.3) is 5.91 Å². The summed E-state index contributed by atoms with van der Waals surface area (Å²) in [6.45, 7) is 1.86. The standard InChI is InChI=1S/C28H22N2O2/c1-20-7-2-5-12-27(20)30-28(31)19-32-24-15-13-21(14-16-24)17-23(18-29)26-11-6-9-22-8-3-4-10-25(22)26/h2-17H,19H2,1H3,(H,30,31)/b23-17+. The van der Waals surface area contributed by atoms with Gasteiger partial charge in [0.2, 0.25) is 0 Å². The molecule has 4 aromatic carbocycles. The summed E-state index contributed by atoms with van der Waals surface area (Å²) in [6, 6.07) is 31.2. The average molecular weight is 418 g/mol. The van der Waals surface area contributed by atoms with Crippen molar-refractivity contribution in [1.82, 2.24) is 0 Å². The number of carbonyl (C=O) groups excluding carboxylic acids is 1. The lowest BCUT2D eigenvalue weighted by atomic mass is 9.97. The first-order valence-electron chi connectivity index (χ1n) is 10.3. The van der Waals surface area contributed by atoms with E-state index in [0.29, 0.717) is 11.3 Å². The lowest BCUT2D eigenvalue weighted by Gasteiger charge is -2.09. The fourth-order valence-electron chi connectivity index (χ4n) is 3.51. The van der Waals surface area contributed by atoms with E-state index < -0.39 is 0 Å². The number of rotatable bonds is 6. The van der Waals surface area contributed by atoms with Crippen LogP contribution in [0.1, 0.15) is 16.7 Å². The van der Waals surface area contributed by atoms with Crippen LogP contribution in [-0.2, 0) is 4.79 Å². The maximum absolute atomic E-state index is 12.2. The zero-order valence-corrected chi connectivity index (χ0v) is 17.7. The number of hydrogen-bond donors (Lipinski definition) is 1. The summed E-state index contributed by atoms with van der Waals surface area (Å²) < 4.78 is 5.61. The second kappa shape index (κ2) is 9.63. The summed E-state index contributed by atoms with van der Waals surface area (Å²) in [5.74, 6) is 0.372. The Morgan fingerprint density at radius 1 is 0.938 bits per heavy atom. The average Bonchev–Trinajstić information content (AvgIpc) is 2.83. The van der Waals surface area contributed by atoms with Crippen LogP contribution in [0.2, 0.25) is 0 Å². The van der Waals surface area contributed by atoms with Crippen molar-refractivity contribution in [3.8, 4) is 11.8 Å². The molecular formula is C28H22N2O2. The molecule has 1 amide bonds. The Bertz CT molecular complexity index is 1330. The number of allylic oxidation sites excluding steroid dienone is 1. The van der Waals surface area contributed by atoms with Gasteiger partial charge in [0.05, 0.1) is 11.6 Å². The molecule has 0 bridgehead atoms. The highest BCUT2D eigenvalue weighted by Gasteiger charge is 2.07. The molecule has 4 heteroatoms. The first-order valence-corrected chi connectivity index (χ1v) is 10.3. The van der Waals surface area contributed by atoms with E-state index in [1.807, 2.05) is 91.9 Å². The van der Waals surface area contributed by atoms with Crippen molar-refractivity contribution < 1.29 is 9.53 Å². The van der Waals surface area contributed by atoms with Gasteiger partial charge < -0.3 is 10.1 Å². The van der Waals surface area contributed by atoms with Crippen LogP contribution in [0.4, 0.5) is 5.69 Å². The SMILES string of the molecule is Cc1ccccc1NC(=O)COc1ccc(/C=C(\C#N)c2cccc3ccccc23)cc1. The van der Waals surface area contributed by atoms with Gasteiger partial charge >= 0.3 is 0 Å². The van der Waals surface area contributed by atoms with Gasteiger partial charge in [-0.25, -0.2) is 0 Å². The summed E-state index contributed by atoms with van der Waals surface area (Å²) in [4.78, 5) is 12.2. The number of fused-ring (bicyclic) bond motifs is 1. The molecule has 32 heavy (non-hydrogen) atoms. The molecular weight excluding hydrogens is 396 g/mol. The molecule has 0 spiro atoms. The lowest BCUT2D eigenvalue weighted by molar-refractivity contribution is -0.118. The van der Waals surface area contributed by atoms with E-state index in [1.165, 1.54) is 0 Å². The highest BCUT2D eigenvalue weighted by molar-refractivity contribution is 6.01. The van der Waals surface area contributed by atoms with Crippen molar-refractivity contribution in [2.75, 3.05) is 11.9 Å². The molecule has 1 N–H and O–H groups in total. The van der Waals surface area contributed by atoms with Gasteiger partial charge in [-0.05, 0) is 53.1 Å². The molecule has 4 rings (SSSR count). The second-order valence-electron chi connectivity index (χ2n) is 7.42. The summed E-state index contributed by atoms with van der Waals surface area (Å²) in [7, 11) is 0. The van der Waals surface area contributed by atoms with E-state index in [4.69, 9.17) is 4.74 Å². The molecule has 0 saturated heterocycles. The summed E-state index contributed by atoms with van der Waals surface area (Å²) in [5, 5.41) is 14.7. The number of aryl methyl sites for hydroxylation is 1. The zero-order valence-electron chi connectivity index (χ0n) is 17.7. The number of nitriles is 1. The van der Waals surface area contributed by atoms with Crippen LogP contribution in [0.25, 0.3) is 22.4 Å². The van der Waals surface area contributed by atoms with Gasteiger partial charge in [0.1, 0.15) is 5.75 Å². The Labute approximate surface area is 187 Å². The van der Waals surface area contributed by atoms with E-state index in [0.717, 1.165) is 33.2 Å². The second-order valence-corrected chi connectivity index (χ2v) is 7.42. The number of carbonyl (C=O) groups is 1. The number of para-hydroxylation sites is 1. The number of nitrogens with zero attached hydrogens (tertiary/aromatic N) is 1. The lowest BCUT2D eigenvalue weighted by Crippen LogP contribution is -2.20. The molecule has 0 saturated carbocycles. The predicted molar refractivity (Wildman–Crippen MR) is 129 cm³/mol. The van der Waals surface area contributed by atoms with Crippen molar-refractivity contribution in [3.05, 3.63) is 108 Å². The minimum absolute atomic E-state index is 0.0804. The van der Waals surface area contributed by atoms with Gasteiger partial charge in [0.15, 0.2) is 6.61 Å². The minimum Gasteiger partial charge on any atom is -0.484 e. The highest BCUT2D eigenvalue weighted by Crippen LogP contribution is 2.27. The molecule has 4 aromatic rings. The smallest absolute Gasteiger partial charge is 0.262 e. The summed E-state index contributed by atoms with van der Waals surface area (Å²) >= 11 is 0. The molecule has 0 aliphatic carbocycles. The third-order valence-corrected chi connectivity index (χ3v) is 5.18. The predicted octanol–water partition coefficient (Wildman–Crippen LogP) is 6.23. The van der Waals surface area contributed by atoms with Crippen molar-refractivity contribution in [1.29, 1.82) is 5.26 Å². The summed E-state index contributed by atoms with van der Waals surface area (Å²) in [5.41, 5.74) is 4.15. The molecule has 0 aromatic heterocycles. The third-order valence-electron chi connectivity index (χ3n) is 5.18. The molecule has 0 heterocycles. The Morgan fingerprint density at radius 3 is 2.44 bits per heavy atom. The van der Waals surface area contributed by atoms with Crippen LogP contribution in [0, 0.1) is 18.3 Å². The van der Waals surface area contributed by atoms with Gasteiger partial charge in [-0.2, -0.15) is 5.26 Å². The molecule has 0 aliphatic heterocycles. The molecule has 0 unspecified atom stereocenters. The number of benzene rings is 4. The highest BCUT2D eigenvalue weighted by atomic mass is 16.5. The third kappa shape index (κ3) is 4.85. The van der Waals surface area contributed by atoms with Crippen LogP contribution in [0.15, 0.2) is 91.0 Å². The Hall–Kier alpha value is -4.36. The maximum Gasteiger partial charge on any atom is 0.262 e. The Morgan fingerprint density at radius 2 is 1.66 bits per heavy atom. The van der Waals surface area contributed by atoms with Crippen molar-refractivity contribution in [2.45, 2.75) is 6.92 Å². The Kier molecular flexibility index (Phi) is 6.29. The monoisotopic (exact) mass is 418 g/mol. The van der Waals surface area contributed by atoms with Crippen molar-refractivity contribution in [2.24, 2.45) is 0 Å². The fraction of sp³-hybridized carbons (Fsp3) is 0.0714. The first-order chi connectivity index (χ1) is 15.6. The van der Waals surface area contributed by atoms with Gasteiger partial charge in [-0.3, -0.25) is 4.79 Å². The van der Waals surface area contributed by atoms with Crippen LogP contribution in [-0.4, -0.2) is 12.5 Å². The van der Waals surface area contributed by atoms with Crippen LogP contribution in [0.5, 0.6) is 5.75 Å². The van der Waals surface area contributed by atoms with Crippen LogP contribution >= 0.6 is 0 Å². The number of amides is 1.